The standard InChI is InChI=1S/C14H23NO3/c1-7(2)9-5-11(15-13(9)16)12-6-10(8(3)4)14(17)18-12/h7-12H,5-6H2,1-4H3,(H,15,16)/t9-,10-,11?,12?/m0/s1. The van der Waals surface area contributed by atoms with Gasteiger partial charge in [-0.05, 0) is 24.7 Å². The second-order valence-corrected chi connectivity index (χ2v) is 6.26. The van der Waals surface area contributed by atoms with Crippen molar-refractivity contribution in [1.29, 1.82) is 0 Å². The molecular weight excluding hydrogens is 230 g/mol. The Kier molecular flexibility index (Phi) is 3.64. The summed E-state index contributed by atoms with van der Waals surface area (Å²) in [6.07, 6.45) is 1.41. The SMILES string of the molecule is CC(C)[C@@H]1CC(C2C[C@@H](C(C)C)C(=O)O2)NC1=O. The van der Waals surface area contributed by atoms with E-state index in [4.69, 9.17) is 4.74 Å². The number of rotatable bonds is 3. The topological polar surface area (TPSA) is 55.4 Å². The monoisotopic (exact) mass is 253 g/mol. The van der Waals surface area contributed by atoms with Crippen LogP contribution in [0.25, 0.3) is 0 Å². The number of ether oxygens (including phenoxy) is 1. The average Bonchev–Trinajstić information content (AvgIpc) is 2.81. The lowest BCUT2D eigenvalue weighted by Crippen LogP contribution is -2.36. The molecule has 0 aromatic carbocycles. The molecule has 102 valence electrons. The van der Waals surface area contributed by atoms with Gasteiger partial charge in [-0.25, -0.2) is 0 Å². The van der Waals surface area contributed by atoms with E-state index >= 15 is 0 Å². The Morgan fingerprint density at radius 1 is 1.06 bits per heavy atom. The second kappa shape index (κ2) is 4.90. The molecule has 0 bridgehead atoms. The number of hydrogen-bond donors (Lipinski definition) is 1. The van der Waals surface area contributed by atoms with Crippen LogP contribution in [0, 0.1) is 23.7 Å². The maximum Gasteiger partial charge on any atom is 0.309 e. The third-order valence-corrected chi connectivity index (χ3v) is 4.29. The van der Waals surface area contributed by atoms with Crippen molar-refractivity contribution >= 4 is 11.9 Å². The lowest BCUT2D eigenvalue weighted by Gasteiger charge is -2.17. The number of carbonyl (C=O) groups is 2. The van der Waals surface area contributed by atoms with E-state index in [1.807, 2.05) is 13.8 Å². The first-order chi connectivity index (χ1) is 8.40. The van der Waals surface area contributed by atoms with Crippen LogP contribution in [0.15, 0.2) is 0 Å². The number of cyclic esters (lactones) is 1. The maximum absolute atomic E-state index is 11.8. The van der Waals surface area contributed by atoms with Crippen LogP contribution >= 0.6 is 0 Å². The zero-order valence-corrected chi connectivity index (χ0v) is 11.6. The number of nitrogens with one attached hydrogen (secondary N) is 1. The van der Waals surface area contributed by atoms with Crippen LogP contribution in [0.2, 0.25) is 0 Å². The minimum absolute atomic E-state index is 0.00926. The second-order valence-electron chi connectivity index (χ2n) is 6.26. The van der Waals surface area contributed by atoms with Crippen molar-refractivity contribution in [2.24, 2.45) is 23.7 Å². The van der Waals surface area contributed by atoms with Gasteiger partial charge < -0.3 is 10.1 Å². The number of hydrogen-bond acceptors (Lipinski definition) is 3. The molecular formula is C14H23NO3. The highest BCUT2D eigenvalue weighted by Crippen LogP contribution is 2.34. The van der Waals surface area contributed by atoms with Gasteiger partial charge in [0, 0.05) is 5.92 Å². The number of carbonyl (C=O) groups excluding carboxylic acids is 2. The normalized spacial score (nSPS) is 36.3. The summed E-state index contributed by atoms with van der Waals surface area (Å²) in [6.45, 7) is 8.20. The highest BCUT2D eigenvalue weighted by molar-refractivity contribution is 5.82. The van der Waals surface area contributed by atoms with E-state index in [-0.39, 0.29) is 35.9 Å². The molecule has 2 aliphatic rings. The molecule has 2 rings (SSSR count). The summed E-state index contributed by atoms with van der Waals surface area (Å²) >= 11 is 0. The molecule has 2 aliphatic heterocycles. The summed E-state index contributed by atoms with van der Waals surface area (Å²) < 4.78 is 5.44. The van der Waals surface area contributed by atoms with Gasteiger partial charge in [-0.2, -0.15) is 0 Å². The molecule has 0 saturated carbocycles. The summed E-state index contributed by atoms with van der Waals surface area (Å²) in [6, 6.07) is 0.0117. The van der Waals surface area contributed by atoms with Gasteiger partial charge in [-0.3, -0.25) is 9.59 Å². The van der Waals surface area contributed by atoms with E-state index in [2.05, 4.69) is 19.2 Å². The largest absolute Gasteiger partial charge is 0.460 e. The van der Waals surface area contributed by atoms with Gasteiger partial charge in [0.1, 0.15) is 6.10 Å². The summed E-state index contributed by atoms with van der Waals surface area (Å²) in [7, 11) is 0. The van der Waals surface area contributed by atoms with Crippen molar-refractivity contribution < 1.29 is 14.3 Å². The van der Waals surface area contributed by atoms with Gasteiger partial charge >= 0.3 is 5.97 Å². The van der Waals surface area contributed by atoms with E-state index in [9.17, 15) is 9.59 Å². The van der Waals surface area contributed by atoms with Crippen molar-refractivity contribution in [3.05, 3.63) is 0 Å². The molecule has 2 unspecified atom stereocenters. The number of amides is 1. The van der Waals surface area contributed by atoms with Crippen LogP contribution in [0.4, 0.5) is 0 Å². The Balaban J connectivity index is 1.99. The molecule has 18 heavy (non-hydrogen) atoms. The molecule has 2 fully saturated rings. The van der Waals surface area contributed by atoms with Gasteiger partial charge in [-0.1, -0.05) is 27.7 Å². The maximum atomic E-state index is 11.8. The van der Waals surface area contributed by atoms with Gasteiger partial charge in [0.25, 0.3) is 0 Å². The molecule has 0 aromatic heterocycles. The first-order valence-electron chi connectivity index (χ1n) is 6.91. The van der Waals surface area contributed by atoms with Crippen LogP contribution in [0.3, 0.4) is 0 Å². The molecule has 0 radical (unpaired) electrons. The average molecular weight is 253 g/mol. The summed E-state index contributed by atoms with van der Waals surface area (Å²) in [5.74, 6) is 0.710. The fourth-order valence-electron chi connectivity index (χ4n) is 2.97. The Labute approximate surface area is 108 Å². The summed E-state index contributed by atoms with van der Waals surface area (Å²) in [5.41, 5.74) is 0. The zero-order valence-electron chi connectivity index (χ0n) is 11.6. The smallest absolute Gasteiger partial charge is 0.309 e. The first kappa shape index (κ1) is 13.4. The Morgan fingerprint density at radius 3 is 2.11 bits per heavy atom. The van der Waals surface area contributed by atoms with Crippen molar-refractivity contribution in [1.82, 2.24) is 5.32 Å². The van der Waals surface area contributed by atoms with E-state index in [1.165, 1.54) is 0 Å². The Bertz CT molecular complexity index is 317. The highest BCUT2D eigenvalue weighted by Gasteiger charge is 2.45. The molecule has 2 heterocycles. The lowest BCUT2D eigenvalue weighted by molar-refractivity contribution is -0.146. The first-order valence-corrected chi connectivity index (χ1v) is 6.91. The highest BCUT2D eigenvalue weighted by atomic mass is 16.6. The lowest BCUT2D eigenvalue weighted by atomic mass is 9.88. The molecule has 4 heteroatoms. The van der Waals surface area contributed by atoms with E-state index in [1.54, 1.807) is 0 Å². The van der Waals surface area contributed by atoms with Crippen LogP contribution in [0.5, 0.6) is 0 Å². The summed E-state index contributed by atoms with van der Waals surface area (Å²) in [4.78, 5) is 23.6. The predicted octanol–water partition coefficient (Wildman–Crippen LogP) is 1.73. The molecule has 2 saturated heterocycles. The molecule has 0 aliphatic carbocycles. The van der Waals surface area contributed by atoms with Crippen LogP contribution in [-0.2, 0) is 14.3 Å². The Morgan fingerprint density at radius 2 is 1.67 bits per heavy atom. The van der Waals surface area contributed by atoms with Crippen LogP contribution in [-0.4, -0.2) is 24.0 Å². The summed E-state index contributed by atoms with van der Waals surface area (Å²) in [5, 5.41) is 2.99. The fraction of sp³-hybridized carbons (Fsp3) is 0.857. The van der Waals surface area contributed by atoms with Crippen molar-refractivity contribution in [3.8, 4) is 0 Å². The predicted molar refractivity (Wildman–Crippen MR) is 67.7 cm³/mol. The third kappa shape index (κ3) is 2.38. The van der Waals surface area contributed by atoms with E-state index in [0.717, 1.165) is 12.8 Å². The third-order valence-electron chi connectivity index (χ3n) is 4.29. The van der Waals surface area contributed by atoms with Crippen LogP contribution < -0.4 is 5.32 Å². The minimum Gasteiger partial charge on any atom is -0.460 e. The van der Waals surface area contributed by atoms with Gasteiger partial charge in [0.05, 0.1) is 12.0 Å². The van der Waals surface area contributed by atoms with E-state index in [0.29, 0.717) is 11.8 Å². The van der Waals surface area contributed by atoms with Gasteiger partial charge in [0.15, 0.2) is 0 Å². The van der Waals surface area contributed by atoms with Crippen molar-refractivity contribution in [2.75, 3.05) is 0 Å². The van der Waals surface area contributed by atoms with E-state index < -0.39 is 0 Å². The van der Waals surface area contributed by atoms with Crippen molar-refractivity contribution in [2.45, 2.75) is 52.7 Å². The molecule has 4 nitrogen and oxygen atoms in total. The fourth-order valence-corrected chi connectivity index (χ4v) is 2.97. The molecule has 4 atom stereocenters. The minimum atomic E-state index is -0.127. The van der Waals surface area contributed by atoms with Crippen LogP contribution in [0.1, 0.15) is 40.5 Å². The number of esters is 1. The van der Waals surface area contributed by atoms with Gasteiger partial charge in [0.2, 0.25) is 5.91 Å². The van der Waals surface area contributed by atoms with Gasteiger partial charge in [-0.15, -0.1) is 0 Å². The van der Waals surface area contributed by atoms with Crippen molar-refractivity contribution in [3.63, 3.8) is 0 Å². The quantitative estimate of drug-likeness (QED) is 0.779. The molecule has 1 amide bonds. The molecule has 0 spiro atoms. The molecule has 1 N–H and O–H groups in total. The zero-order chi connectivity index (χ0) is 13.4. The molecule has 0 aromatic rings. The Hall–Kier alpha value is -1.06.